The number of quaternary nitrogens is 4. The highest BCUT2D eigenvalue weighted by Gasteiger charge is 2.48. The molecule has 0 aromatic carbocycles. The molecule has 0 aliphatic rings. The van der Waals surface area contributed by atoms with Gasteiger partial charge in [-0.1, -0.05) is 0 Å². The van der Waals surface area contributed by atoms with E-state index in [1.54, 1.807) is 0 Å². The van der Waals surface area contributed by atoms with E-state index in [1.807, 2.05) is 0 Å². The van der Waals surface area contributed by atoms with Crippen molar-refractivity contribution in [3.8, 4) is 0 Å². The first-order chi connectivity index (χ1) is 8.83. The Hall–Kier alpha value is -0.160. The normalized spacial score (nSPS) is 15.4. The summed E-state index contributed by atoms with van der Waals surface area (Å²) in [6.07, 6.45) is 0. The summed E-state index contributed by atoms with van der Waals surface area (Å²) in [5, 5.41) is 0. The highest BCUT2D eigenvalue weighted by molar-refractivity contribution is 4.79. The van der Waals surface area contributed by atoms with Crippen LogP contribution in [0, 0.1) is 5.41 Å². The maximum atomic E-state index is 2.33. The minimum absolute atomic E-state index is 0.326. The Bertz CT molecular complexity index is 251. The van der Waals surface area contributed by atoms with Gasteiger partial charge in [0.25, 0.3) is 0 Å². The lowest BCUT2D eigenvalue weighted by Crippen LogP contribution is -2.64. The van der Waals surface area contributed by atoms with Crippen LogP contribution in [-0.4, -0.2) is 129 Å². The van der Waals surface area contributed by atoms with Gasteiger partial charge >= 0.3 is 0 Å². The van der Waals surface area contributed by atoms with E-state index in [0.29, 0.717) is 5.41 Å². The Balaban J connectivity index is 5.70. The molecular weight excluding hydrogens is 260 g/mol. The summed E-state index contributed by atoms with van der Waals surface area (Å²) in [7, 11) is 27.9. The predicted molar refractivity (Wildman–Crippen MR) is 94.0 cm³/mol. The van der Waals surface area contributed by atoms with Crippen molar-refractivity contribution in [1.29, 1.82) is 0 Å². The van der Waals surface area contributed by atoms with Crippen LogP contribution in [0.5, 0.6) is 0 Å². The van der Waals surface area contributed by atoms with E-state index in [4.69, 9.17) is 0 Å². The maximum absolute atomic E-state index is 2.33. The van der Waals surface area contributed by atoms with Crippen molar-refractivity contribution < 1.29 is 17.9 Å². The van der Waals surface area contributed by atoms with Gasteiger partial charge in [0.2, 0.25) is 0 Å². The van der Waals surface area contributed by atoms with Crippen LogP contribution in [-0.2, 0) is 0 Å². The first kappa shape index (κ1) is 20.8. The second-order valence-electron chi connectivity index (χ2n) is 11.3. The van der Waals surface area contributed by atoms with Crippen LogP contribution < -0.4 is 0 Å². The van der Waals surface area contributed by atoms with Crippen molar-refractivity contribution in [2.24, 2.45) is 5.41 Å². The highest BCUT2D eigenvalue weighted by Crippen LogP contribution is 2.28. The number of nitrogens with zero attached hydrogens (tertiary/aromatic N) is 4. The Kier molecular flexibility index (Phi) is 6.10. The van der Waals surface area contributed by atoms with Gasteiger partial charge in [-0.2, -0.15) is 0 Å². The van der Waals surface area contributed by atoms with Crippen LogP contribution in [0.25, 0.3) is 0 Å². The topological polar surface area (TPSA) is 0 Å². The molecule has 0 aliphatic carbocycles. The van der Waals surface area contributed by atoms with E-state index >= 15 is 0 Å². The van der Waals surface area contributed by atoms with Crippen molar-refractivity contribution in [3.63, 3.8) is 0 Å². The lowest BCUT2D eigenvalue weighted by Gasteiger charge is -2.47. The van der Waals surface area contributed by atoms with E-state index in [2.05, 4.69) is 84.6 Å². The first-order valence-corrected chi connectivity index (χ1v) is 8.05. The van der Waals surface area contributed by atoms with Crippen LogP contribution >= 0.6 is 0 Å². The standard InChI is InChI=1S/C17H44N4/c1-18(2,3)13-17(14-19(4,5)6,15-20(7,8)9)16-21(10,11)12/h13-16H2,1-12H3/q+4. The lowest BCUT2D eigenvalue weighted by molar-refractivity contribution is -0.947. The molecule has 0 unspecified atom stereocenters. The van der Waals surface area contributed by atoms with Gasteiger partial charge in [-0.3, -0.25) is 0 Å². The second-order valence-corrected chi connectivity index (χ2v) is 11.3. The SMILES string of the molecule is C[N+](C)(C)CC(C[N+](C)(C)C)(C[N+](C)(C)C)C[N+](C)(C)C. The van der Waals surface area contributed by atoms with Crippen molar-refractivity contribution in [1.82, 2.24) is 0 Å². The molecule has 128 valence electrons. The van der Waals surface area contributed by atoms with Crippen molar-refractivity contribution >= 4 is 0 Å². The molecule has 0 amide bonds. The van der Waals surface area contributed by atoms with Crippen molar-refractivity contribution in [3.05, 3.63) is 0 Å². The zero-order chi connectivity index (χ0) is 17.3. The second kappa shape index (κ2) is 6.15. The third-order valence-electron chi connectivity index (χ3n) is 3.24. The van der Waals surface area contributed by atoms with Crippen LogP contribution in [0.4, 0.5) is 0 Å². The van der Waals surface area contributed by atoms with E-state index < -0.39 is 0 Å². The fraction of sp³-hybridized carbons (Fsp3) is 1.00. The molecule has 0 aromatic rings. The smallest absolute Gasteiger partial charge is 0.165 e. The summed E-state index contributed by atoms with van der Waals surface area (Å²) < 4.78 is 4.11. The molecule has 21 heavy (non-hydrogen) atoms. The molecule has 4 heteroatoms. The Morgan fingerprint density at radius 1 is 0.381 bits per heavy atom. The predicted octanol–water partition coefficient (Wildman–Crippen LogP) is 0.798. The average Bonchev–Trinajstić information content (AvgIpc) is 1.83. The number of hydrogen-bond donors (Lipinski definition) is 0. The van der Waals surface area contributed by atoms with E-state index in [0.717, 1.165) is 17.9 Å². The van der Waals surface area contributed by atoms with Crippen molar-refractivity contribution in [2.75, 3.05) is 111 Å². The Labute approximate surface area is 134 Å². The largest absolute Gasteiger partial charge is 0.330 e. The third kappa shape index (κ3) is 11.1. The molecule has 0 radical (unpaired) electrons. The molecular formula is C17H44N4+4. The van der Waals surface area contributed by atoms with Crippen molar-refractivity contribution in [2.45, 2.75) is 0 Å². The molecule has 0 bridgehead atoms. The van der Waals surface area contributed by atoms with Gasteiger partial charge in [0, 0.05) is 0 Å². The highest BCUT2D eigenvalue weighted by atomic mass is 15.4. The monoisotopic (exact) mass is 304 g/mol. The third-order valence-corrected chi connectivity index (χ3v) is 3.24. The van der Waals surface area contributed by atoms with Crippen LogP contribution in [0.2, 0.25) is 0 Å². The molecule has 0 aliphatic heterocycles. The van der Waals surface area contributed by atoms with E-state index in [9.17, 15) is 0 Å². The molecule has 4 nitrogen and oxygen atoms in total. The Morgan fingerprint density at radius 3 is 0.619 bits per heavy atom. The lowest BCUT2D eigenvalue weighted by atomic mass is 9.83. The van der Waals surface area contributed by atoms with Gasteiger partial charge in [0.1, 0.15) is 26.2 Å². The fourth-order valence-corrected chi connectivity index (χ4v) is 4.32. The van der Waals surface area contributed by atoms with Gasteiger partial charge in [0.15, 0.2) is 5.41 Å². The number of hydrogen-bond acceptors (Lipinski definition) is 0. The maximum Gasteiger partial charge on any atom is 0.165 e. The van der Waals surface area contributed by atoms with Gasteiger partial charge < -0.3 is 17.9 Å². The van der Waals surface area contributed by atoms with Crippen LogP contribution in [0.15, 0.2) is 0 Å². The van der Waals surface area contributed by atoms with Crippen LogP contribution in [0.1, 0.15) is 0 Å². The van der Waals surface area contributed by atoms with E-state index in [-0.39, 0.29) is 0 Å². The number of rotatable bonds is 8. The quantitative estimate of drug-likeness (QED) is 0.582. The van der Waals surface area contributed by atoms with Gasteiger partial charge in [-0.15, -0.1) is 0 Å². The Morgan fingerprint density at radius 2 is 0.524 bits per heavy atom. The minimum Gasteiger partial charge on any atom is -0.330 e. The molecule has 0 heterocycles. The first-order valence-electron chi connectivity index (χ1n) is 8.05. The summed E-state index contributed by atoms with van der Waals surface area (Å²) >= 11 is 0. The fourth-order valence-electron chi connectivity index (χ4n) is 4.32. The van der Waals surface area contributed by atoms with Crippen LogP contribution in [0.3, 0.4) is 0 Å². The zero-order valence-electron chi connectivity index (χ0n) is 17.1. The molecule has 0 aromatic heterocycles. The summed E-state index contributed by atoms with van der Waals surface area (Å²) in [6.45, 7) is 4.86. The summed E-state index contributed by atoms with van der Waals surface area (Å²) in [6, 6.07) is 0. The van der Waals surface area contributed by atoms with E-state index in [1.165, 1.54) is 26.2 Å². The summed E-state index contributed by atoms with van der Waals surface area (Å²) in [5.74, 6) is 0. The molecule has 0 spiro atoms. The average molecular weight is 305 g/mol. The summed E-state index contributed by atoms with van der Waals surface area (Å²) in [4.78, 5) is 0. The molecule has 0 atom stereocenters. The molecule has 0 saturated heterocycles. The van der Waals surface area contributed by atoms with Gasteiger partial charge in [0.05, 0.1) is 84.6 Å². The summed E-state index contributed by atoms with van der Waals surface area (Å²) in [5.41, 5.74) is 0.326. The zero-order valence-corrected chi connectivity index (χ0v) is 17.1. The van der Waals surface area contributed by atoms with Gasteiger partial charge in [-0.25, -0.2) is 0 Å². The molecule has 0 N–H and O–H groups in total. The molecule has 0 saturated carbocycles. The van der Waals surface area contributed by atoms with Gasteiger partial charge in [-0.05, 0) is 0 Å². The molecule has 0 fully saturated rings. The minimum atomic E-state index is 0.326. The molecule has 0 rings (SSSR count).